The number of rotatable bonds is 5. The highest BCUT2D eigenvalue weighted by atomic mass is 19.1. The van der Waals surface area contributed by atoms with Gasteiger partial charge in [0.05, 0.1) is 11.4 Å². The largest absolute Gasteiger partial charge is 0.489 e. The van der Waals surface area contributed by atoms with Crippen LogP contribution in [-0.4, -0.2) is 29.6 Å². The van der Waals surface area contributed by atoms with E-state index in [0.29, 0.717) is 22.6 Å². The van der Waals surface area contributed by atoms with Gasteiger partial charge < -0.3 is 4.74 Å². The Labute approximate surface area is 178 Å². The van der Waals surface area contributed by atoms with Gasteiger partial charge in [-0.2, -0.15) is 14.5 Å². The smallest absolute Gasteiger partial charge is 0.368 e. The lowest BCUT2D eigenvalue weighted by Crippen LogP contribution is -2.23. The fourth-order valence-electron chi connectivity index (χ4n) is 3.49. The van der Waals surface area contributed by atoms with Crippen molar-refractivity contribution in [1.29, 1.82) is 0 Å². The maximum absolute atomic E-state index is 14.3. The van der Waals surface area contributed by atoms with Gasteiger partial charge in [-0.05, 0) is 78.2 Å². The van der Waals surface area contributed by atoms with E-state index in [2.05, 4.69) is 15.5 Å². The van der Waals surface area contributed by atoms with Crippen molar-refractivity contribution in [1.82, 2.24) is 29.6 Å². The Balaban J connectivity index is 1.68. The van der Waals surface area contributed by atoms with Crippen LogP contribution in [0.4, 0.5) is 4.39 Å². The molecule has 0 saturated heterocycles. The average Bonchev–Trinajstić information content (AvgIpc) is 3.31. The van der Waals surface area contributed by atoms with Crippen molar-refractivity contribution < 1.29 is 9.13 Å². The number of nitrogens with zero attached hydrogens (tertiary/aromatic N) is 6. The molecule has 0 N–H and O–H groups in total. The molecule has 4 rings (SSSR count). The predicted octanol–water partition coefficient (Wildman–Crippen LogP) is 3.01. The molecule has 0 bridgehead atoms. The van der Waals surface area contributed by atoms with Crippen LogP contribution in [0, 0.1) is 26.6 Å². The van der Waals surface area contributed by atoms with Crippen LogP contribution in [0.15, 0.2) is 41.3 Å². The Morgan fingerprint density at radius 2 is 1.81 bits per heavy atom. The molecule has 0 unspecified atom stereocenters. The molecule has 0 aliphatic heterocycles. The van der Waals surface area contributed by atoms with Crippen molar-refractivity contribution in [3.63, 3.8) is 0 Å². The van der Waals surface area contributed by atoms with Crippen molar-refractivity contribution in [2.24, 2.45) is 14.1 Å². The predicted molar refractivity (Wildman–Crippen MR) is 114 cm³/mol. The topological polar surface area (TPSA) is 79.8 Å². The zero-order valence-corrected chi connectivity index (χ0v) is 18.0. The zero-order chi connectivity index (χ0) is 22.3. The van der Waals surface area contributed by atoms with Crippen molar-refractivity contribution in [3.05, 3.63) is 75.1 Å². The lowest BCUT2D eigenvalue weighted by molar-refractivity contribution is 0.301. The van der Waals surface area contributed by atoms with E-state index >= 15 is 0 Å². The first-order chi connectivity index (χ1) is 14.8. The van der Waals surface area contributed by atoms with E-state index in [-0.39, 0.29) is 12.4 Å². The van der Waals surface area contributed by atoms with Crippen LogP contribution >= 0.6 is 0 Å². The van der Waals surface area contributed by atoms with Crippen molar-refractivity contribution in [3.8, 4) is 22.7 Å². The van der Waals surface area contributed by atoms with E-state index in [0.717, 1.165) is 31.7 Å². The molecular formula is C22H23FN6O2. The number of hydrogen-bond acceptors (Lipinski definition) is 5. The summed E-state index contributed by atoms with van der Waals surface area (Å²) in [7, 11) is 3.39. The summed E-state index contributed by atoms with van der Waals surface area (Å²) < 4.78 is 24.4. The van der Waals surface area contributed by atoms with Crippen molar-refractivity contribution in [2.75, 3.05) is 0 Å². The van der Waals surface area contributed by atoms with Crippen LogP contribution in [0.25, 0.3) is 16.9 Å². The Hall–Kier alpha value is -3.75. The quantitative estimate of drug-likeness (QED) is 0.494. The number of halogens is 1. The molecule has 0 amide bonds. The lowest BCUT2D eigenvalue weighted by atomic mass is 10.0. The molecule has 2 aromatic carbocycles. The molecule has 2 heterocycles. The van der Waals surface area contributed by atoms with Crippen LogP contribution in [0.5, 0.6) is 5.75 Å². The van der Waals surface area contributed by atoms with Gasteiger partial charge in [0.25, 0.3) is 0 Å². The molecule has 0 aliphatic carbocycles. The monoisotopic (exact) mass is 422 g/mol. The fraction of sp³-hybridized carbons (Fsp3) is 0.273. The summed E-state index contributed by atoms with van der Waals surface area (Å²) >= 11 is 0. The molecule has 0 radical (unpaired) electrons. The third kappa shape index (κ3) is 3.74. The molecule has 4 aromatic rings. The summed E-state index contributed by atoms with van der Waals surface area (Å²) in [6.07, 6.45) is 1.90. The molecule has 160 valence electrons. The lowest BCUT2D eigenvalue weighted by Gasteiger charge is -2.16. The van der Waals surface area contributed by atoms with E-state index < -0.39 is 5.69 Å². The Morgan fingerprint density at radius 3 is 2.45 bits per heavy atom. The van der Waals surface area contributed by atoms with Crippen LogP contribution in [0.2, 0.25) is 0 Å². The summed E-state index contributed by atoms with van der Waals surface area (Å²) in [6, 6.07) is 8.76. The summed E-state index contributed by atoms with van der Waals surface area (Å²) in [5, 5.41) is 12.1. The summed E-state index contributed by atoms with van der Waals surface area (Å²) in [5.41, 5.74) is 4.82. The number of benzene rings is 2. The third-order valence-electron chi connectivity index (χ3n) is 5.34. The highest BCUT2D eigenvalue weighted by molar-refractivity contribution is 5.66. The Kier molecular flexibility index (Phi) is 5.18. The Bertz CT molecular complexity index is 1330. The molecule has 9 heteroatoms. The number of aromatic nitrogens is 6. The van der Waals surface area contributed by atoms with Crippen LogP contribution in [0.3, 0.4) is 0 Å². The second-order valence-corrected chi connectivity index (χ2v) is 7.56. The second-order valence-electron chi connectivity index (χ2n) is 7.56. The molecule has 0 fully saturated rings. The van der Waals surface area contributed by atoms with Crippen LogP contribution in [0.1, 0.15) is 22.3 Å². The van der Waals surface area contributed by atoms with Gasteiger partial charge in [-0.1, -0.05) is 0 Å². The first-order valence-electron chi connectivity index (χ1n) is 9.77. The minimum atomic E-state index is -0.418. The minimum absolute atomic E-state index is 0.0746. The van der Waals surface area contributed by atoms with Gasteiger partial charge in [-0.3, -0.25) is 4.68 Å². The van der Waals surface area contributed by atoms with E-state index in [4.69, 9.17) is 4.74 Å². The standard InChI is InChI=1S/C22H23FN6O2/c1-13-11-21(14(2)10-16(13)19-8-9-27(4)24-19)31-12-17-15(3)18(23)6-7-20(17)29-22(30)28(5)25-26-29/h6-11H,12H2,1-5H3. The van der Waals surface area contributed by atoms with Gasteiger partial charge in [0.1, 0.15) is 18.2 Å². The summed E-state index contributed by atoms with van der Waals surface area (Å²) in [6.45, 7) is 5.67. The Morgan fingerprint density at radius 1 is 1.03 bits per heavy atom. The maximum Gasteiger partial charge on any atom is 0.368 e. The first-order valence-corrected chi connectivity index (χ1v) is 9.77. The minimum Gasteiger partial charge on any atom is -0.489 e. The molecule has 0 saturated carbocycles. The molecule has 0 aliphatic rings. The van der Waals surface area contributed by atoms with E-state index in [1.165, 1.54) is 19.2 Å². The third-order valence-corrected chi connectivity index (χ3v) is 5.34. The number of ether oxygens (including phenoxy) is 1. The SMILES string of the molecule is Cc1cc(-c2ccn(C)n2)c(C)cc1OCc1c(-n2nnn(C)c2=O)ccc(F)c1C. The number of aryl methyl sites for hydroxylation is 4. The number of tetrazole rings is 1. The van der Waals surface area contributed by atoms with E-state index in [1.54, 1.807) is 11.6 Å². The molecule has 0 spiro atoms. The molecule has 2 aromatic heterocycles. The fourth-order valence-corrected chi connectivity index (χ4v) is 3.49. The van der Waals surface area contributed by atoms with Crippen LogP contribution < -0.4 is 10.4 Å². The highest BCUT2D eigenvalue weighted by Gasteiger charge is 2.17. The average molecular weight is 422 g/mol. The summed E-state index contributed by atoms with van der Waals surface area (Å²) in [5.74, 6) is 0.302. The van der Waals surface area contributed by atoms with E-state index in [9.17, 15) is 9.18 Å². The van der Waals surface area contributed by atoms with Gasteiger partial charge in [-0.25, -0.2) is 9.18 Å². The highest BCUT2D eigenvalue weighted by Crippen LogP contribution is 2.30. The summed E-state index contributed by atoms with van der Waals surface area (Å²) in [4.78, 5) is 12.3. The number of hydrogen-bond donors (Lipinski definition) is 0. The first kappa shape index (κ1) is 20.5. The van der Waals surface area contributed by atoms with Gasteiger partial charge in [0.2, 0.25) is 0 Å². The normalized spacial score (nSPS) is 11.2. The molecular weight excluding hydrogens is 399 g/mol. The molecule has 0 atom stereocenters. The zero-order valence-electron chi connectivity index (χ0n) is 18.0. The van der Waals surface area contributed by atoms with Gasteiger partial charge >= 0.3 is 5.69 Å². The molecule has 31 heavy (non-hydrogen) atoms. The second kappa shape index (κ2) is 7.82. The van der Waals surface area contributed by atoms with E-state index in [1.807, 2.05) is 45.3 Å². The van der Waals surface area contributed by atoms with Crippen molar-refractivity contribution in [2.45, 2.75) is 27.4 Å². The van der Waals surface area contributed by atoms with Crippen molar-refractivity contribution >= 4 is 0 Å². The maximum atomic E-state index is 14.3. The van der Waals surface area contributed by atoms with Gasteiger partial charge in [0.15, 0.2) is 0 Å². The molecule has 8 nitrogen and oxygen atoms in total. The van der Waals surface area contributed by atoms with Gasteiger partial charge in [-0.15, -0.1) is 0 Å². The van der Waals surface area contributed by atoms with Crippen LogP contribution in [-0.2, 0) is 20.7 Å². The van der Waals surface area contributed by atoms with Gasteiger partial charge in [0, 0.05) is 31.4 Å².